The molecule has 0 aromatic rings. The van der Waals surface area contributed by atoms with Crippen molar-refractivity contribution in [3.05, 3.63) is 0 Å². The van der Waals surface area contributed by atoms with Crippen LogP contribution in [0.15, 0.2) is 0 Å². The Morgan fingerprint density at radius 3 is 2.82 bits per heavy atom. The number of aliphatic hydroxyl groups excluding tert-OH is 1. The van der Waals surface area contributed by atoms with Crippen molar-refractivity contribution >= 4 is 0 Å². The van der Waals surface area contributed by atoms with Crippen LogP contribution in [-0.2, 0) is 4.74 Å². The highest BCUT2D eigenvalue weighted by molar-refractivity contribution is 4.85. The Balaban J connectivity index is 2.49. The highest BCUT2D eigenvalue weighted by Crippen LogP contribution is 2.35. The van der Waals surface area contributed by atoms with E-state index in [4.69, 9.17) is 4.74 Å². The van der Waals surface area contributed by atoms with Crippen molar-refractivity contribution in [1.29, 1.82) is 0 Å². The average molecular weight is 158 g/mol. The van der Waals surface area contributed by atoms with E-state index in [2.05, 4.69) is 6.92 Å². The summed E-state index contributed by atoms with van der Waals surface area (Å²) in [5, 5.41) is 9.68. The van der Waals surface area contributed by atoms with E-state index in [1.54, 1.807) is 7.11 Å². The topological polar surface area (TPSA) is 29.5 Å². The minimum Gasteiger partial charge on any atom is -0.392 e. The Hall–Kier alpha value is -0.0800. The lowest BCUT2D eigenvalue weighted by Gasteiger charge is -2.37. The van der Waals surface area contributed by atoms with Gasteiger partial charge >= 0.3 is 0 Å². The lowest BCUT2D eigenvalue weighted by atomic mass is 9.74. The lowest BCUT2D eigenvalue weighted by Crippen LogP contribution is -2.39. The van der Waals surface area contributed by atoms with Gasteiger partial charge in [-0.3, -0.25) is 0 Å². The third-order valence-electron chi connectivity index (χ3n) is 2.75. The fourth-order valence-corrected chi connectivity index (χ4v) is 1.88. The van der Waals surface area contributed by atoms with E-state index in [1.807, 2.05) is 0 Å². The predicted octanol–water partition coefficient (Wildman–Crippen LogP) is 1.57. The zero-order valence-electron chi connectivity index (χ0n) is 7.47. The van der Waals surface area contributed by atoms with Crippen LogP contribution < -0.4 is 0 Å². The maximum Gasteiger partial charge on any atom is 0.0615 e. The van der Waals surface area contributed by atoms with Gasteiger partial charge in [0.1, 0.15) is 0 Å². The van der Waals surface area contributed by atoms with Gasteiger partial charge in [0, 0.05) is 12.5 Å². The Kier molecular flexibility index (Phi) is 2.90. The van der Waals surface area contributed by atoms with E-state index in [1.165, 1.54) is 12.8 Å². The maximum atomic E-state index is 9.68. The molecular formula is C9H18O2. The van der Waals surface area contributed by atoms with Crippen LogP contribution in [0, 0.1) is 5.41 Å². The van der Waals surface area contributed by atoms with Gasteiger partial charge in [0.05, 0.1) is 12.7 Å². The first-order chi connectivity index (χ1) is 5.19. The van der Waals surface area contributed by atoms with Gasteiger partial charge in [-0.1, -0.05) is 19.8 Å². The summed E-state index contributed by atoms with van der Waals surface area (Å²) in [6.45, 7) is 2.80. The molecule has 0 aromatic heterocycles. The molecule has 0 saturated heterocycles. The molecule has 11 heavy (non-hydrogen) atoms. The lowest BCUT2D eigenvalue weighted by molar-refractivity contribution is -0.0468. The number of hydrogen-bond donors (Lipinski definition) is 1. The Labute approximate surface area is 68.6 Å². The average Bonchev–Trinajstić information content (AvgIpc) is 1.96. The van der Waals surface area contributed by atoms with Crippen molar-refractivity contribution in [3.8, 4) is 0 Å². The van der Waals surface area contributed by atoms with E-state index in [0.717, 1.165) is 12.8 Å². The SMILES string of the molecule is COCC1(C)CCCCC1O. The van der Waals surface area contributed by atoms with Gasteiger partial charge in [-0.05, 0) is 12.8 Å². The van der Waals surface area contributed by atoms with Crippen LogP contribution >= 0.6 is 0 Å². The van der Waals surface area contributed by atoms with Crippen molar-refractivity contribution in [2.75, 3.05) is 13.7 Å². The summed E-state index contributed by atoms with van der Waals surface area (Å²) >= 11 is 0. The summed E-state index contributed by atoms with van der Waals surface area (Å²) in [6, 6.07) is 0. The molecule has 1 saturated carbocycles. The number of rotatable bonds is 2. The zero-order valence-corrected chi connectivity index (χ0v) is 7.47. The molecule has 66 valence electrons. The van der Waals surface area contributed by atoms with Crippen LogP contribution in [0.5, 0.6) is 0 Å². The molecule has 1 aliphatic carbocycles. The quantitative estimate of drug-likeness (QED) is 0.661. The summed E-state index contributed by atoms with van der Waals surface area (Å²) in [6.07, 6.45) is 4.29. The van der Waals surface area contributed by atoms with Crippen molar-refractivity contribution in [2.24, 2.45) is 5.41 Å². The Morgan fingerprint density at radius 2 is 2.27 bits per heavy atom. The number of methoxy groups -OCH3 is 1. The minimum absolute atomic E-state index is 0.0208. The van der Waals surface area contributed by atoms with E-state index >= 15 is 0 Å². The van der Waals surface area contributed by atoms with Crippen LogP contribution in [0.1, 0.15) is 32.6 Å². The molecule has 0 aromatic carbocycles. The molecule has 0 bridgehead atoms. The van der Waals surface area contributed by atoms with Gasteiger partial charge in [0.15, 0.2) is 0 Å². The first-order valence-electron chi connectivity index (χ1n) is 4.36. The second-order valence-electron chi connectivity index (χ2n) is 3.85. The largest absolute Gasteiger partial charge is 0.392 e. The fourth-order valence-electron chi connectivity index (χ4n) is 1.88. The van der Waals surface area contributed by atoms with Gasteiger partial charge in [0.2, 0.25) is 0 Å². The molecule has 2 nitrogen and oxygen atoms in total. The second-order valence-corrected chi connectivity index (χ2v) is 3.85. The second kappa shape index (κ2) is 3.55. The molecule has 1 rings (SSSR count). The molecule has 2 unspecified atom stereocenters. The van der Waals surface area contributed by atoms with Gasteiger partial charge in [-0.15, -0.1) is 0 Å². The summed E-state index contributed by atoms with van der Waals surface area (Å²) in [7, 11) is 1.70. The van der Waals surface area contributed by atoms with Gasteiger partial charge in [-0.2, -0.15) is 0 Å². The third kappa shape index (κ3) is 1.94. The molecule has 2 atom stereocenters. The highest BCUT2D eigenvalue weighted by Gasteiger charge is 2.35. The Morgan fingerprint density at radius 1 is 1.55 bits per heavy atom. The molecule has 0 spiro atoms. The summed E-state index contributed by atoms with van der Waals surface area (Å²) < 4.78 is 5.09. The number of ether oxygens (including phenoxy) is 1. The van der Waals surface area contributed by atoms with Crippen molar-refractivity contribution in [3.63, 3.8) is 0 Å². The van der Waals surface area contributed by atoms with Crippen LogP contribution in [0.25, 0.3) is 0 Å². The Bertz CT molecular complexity index is 121. The van der Waals surface area contributed by atoms with E-state index in [9.17, 15) is 5.11 Å². The summed E-state index contributed by atoms with van der Waals surface area (Å²) in [5.74, 6) is 0. The van der Waals surface area contributed by atoms with Gasteiger partial charge in [-0.25, -0.2) is 0 Å². The first kappa shape index (κ1) is 9.01. The molecule has 1 fully saturated rings. The zero-order chi connectivity index (χ0) is 8.32. The van der Waals surface area contributed by atoms with Crippen LogP contribution in [-0.4, -0.2) is 24.9 Å². The van der Waals surface area contributed by atoms with E-state index in [0.29, 0.717) is 6.61 Å². The molecule has 1 N–H and O–H groups in total. The standard InChI is InChI=1S/C9H18O2/c1-9(7-11-2)6-4-3-5-8(9)10/h8,10H,3-7H2,1-2H3. The van der Waals surface area contributed by atoms with Crippen molar-refractivity contribution in [2.45, 2.75) is 38.7 Å². The molecule has 0 aliphatic heterocycles. The van der Waals surface area contributed by atoms with Gasteiger partial charge in [0.25, 0.3) is 0 Å². The van der Waals surface area contributed by atoms with Crippen LogP contribution in [0.4, 0.5) is 0 Å². The predicted molar refractivity (Wildman–Crippen MR) is 44.5 cm³/mol. The fraction of sp³-hybridized carbons (Fsp3) is 1.00. The molecule has 0 amide bonds. The van der Waals surface area contributed by atoms with Crippen molar-refractivity contribution in [1.82, 2.24) is 0 Å². The van der Waals surface area contributed by atoms with E-state index in [-0.39, 0.29) is 11.5 Å². The van der Waals surface area contributed by atoms with Crippen LogP contribution in [0.3, 0.4) is 0 Å². The molecule has 0 radical (unpaired) electrons. The normalized spacial score (nSPS) is 39.0. The summed E-state index contributed by atoms with van der Waals surface area (Å²) in [4.78, 5) is 0. The highest BCUT2D eigenvalue weighted by atomic mass is 16.5. The smallest absolute Gasteiger partial charge is 0.0615 e. The van der Waals surface area contributed by atoms with E-state index < -0.39 is 0 Å². The van der Waals surface area contributed by atoms with Gasteiger partial charge < -0.3 is 9.84 Å². The maximum absolute atomic E-state index is 9.68. The summed E-state index contributed by atoms with van der Waals surface area (Å²) in [5.41, 5.74) is 0.0208. The molecule has 1 aliphatic rings. The molecular weight excluding hydrogens is 140 g/mol. The minimum atomic E-state index is -0.156. The monoisotopic (exact) mass is 158 g/mol. The number of aliphatic hydroxyl groups is 1. The number of hydrogen-bond acceptors (Lipinski definition) is 2. The van der Waals surface area contributed by atoms with Crippen LogP contribution in [0.2, 0.25) is 0 Å². The molecule has 0 heterocycles. The third-order valence-corrected chi connectivity index (χ3v) is 2.75. The molecule has 2 heteroatoms. The first-order valence-corrected chi connectivity index (χ1v) is 4.36. The van der Waals surface area contributed by atoms with Crippen molar-refractivity contribution < 1.29 is 9.84 Å².